The molecule has 2 nitrogen and oxygen atoms in total. The normalized spacial score (nSPS) is 10.0. The molecule has 12 heavy (non-hydrogen) atoms. The summed E-state index contributed by atoms with van der Waals surface area (Å²) in [5, 5.41) is 17.4. The number of nitrogens with zero attached hydrogens (tertiary/aromatic N) is 1. The number of hydrogen-bond acceptors (Lipinski definition) is 2. The minimum absolute atomic E-state index is 0.222. The van der Waals surface area contributed by atoms with Crippen molar-refractivity contribution in [3.63, 3.8) is 0 Å². The van der Waals surface area contributed by atoms with E-state index in [0.717, 1.165) is 9.13 Å². The Morgan fingerprint density at radius 1 is 1.42 bits per heavy atom. The van der Waals surface area contributed by atoms with Gasteiger partial charge in [0, 0.05) is 9.65 Å². The van der Waals surface area contributed by atoms with Crippen LogP contribution in [-0.4, -0.2) is 5.11 Å². The Balaban J connectivity index is 3.03. The Hall–Kier alpha value is -1.02. The summed E-state index contributed by atoms with van der Waals surface area (Å²) >= 11 is 2.11. The van der Waals surface area contributed by atoms with Gasteiger partial charge in [0.2, 0.25) is 0 Å². The van der Waals surface area contributed by atoms with Gasteiger partial charge in [0.25, 0.3) is 0 Å². The standard InChI is InChI=1S/C9H6INO/c10-8-4-7(2-1-3-11)5-9(12)6-8/h1-2,4-6,12H. The van der Waals surface area contributed by atoms with Crippen molar-refractivity contribution in [2.45, 2.75) is 0 Å². The molecule has 0 aromatic heterocycles. The quantitative estimate of drug-likeness (QED) is 0.630. The number of phenolic OH excluding ortho intramolecular Hbond substituents is 1. The van der Waals surface area contributed by atoms with Crippen LogP contribution in [0.1, 0.15) is 5.56 Å². The highest BCUT2D eigenvalue weighted by atomic mass is 127. The summed E-state index contributed by atoms with van der Waals surface area (Å²) in [5.41, 5.74) is 0.834. The van der Waals surface area contributed by atoms with Gasteiger partial charge in [-0.3, -0.25) is 0 Å². The minimum Gasteiger partial charge on any atom is -0.508 e. The van der Waals surface area contributed by atoms with Crippen molar-refractivity contribution >= 4 is 28.7 Å². The molecule has 60 valence electrons. The number of nitriles is 1. The third-order valence-corrected chi connectivity index (χ3v) is 1.88. The maximum Gasteiger partial charge on any atom is 0.117 e. The molecular weight excluding hydrogens is 265 g/mol. The molecule has 0 radical (unpaired) electrons. The van der Waals surface area contributed by atoms with Crippen LogP contribution in [-0.2, 0) is 0 Å². The van der Waals surface area contributed by atoms with Crippen LogP contribution in [0.3, 0.4) is 0 Å². The predicted octanol–water partition coefficient (Wildman–Crippen LogP) is 2.53. The Morgan fingerprint density at radius 3 is 2.75 bits per heavy atom. The van der Waals surface area contributed by atoms with Gasteiger partial charge in [-0.1, -0.05) is 0 Å². The molecule has 0 heterocycles. The lowest BCUT2D eigenvalue weighted by molar-refractivity contribution is 0.475. The van der Waals surface area contributed by atoms with Crippen LogP contribution in [0.4, 0.5) is 0 Å². The topological polar surface area (TPSA) is 44.0 Å². The summed E-state index contributed by atoms with van der Waals surface area (Å²) in [6.07, 6.45) is 3.03. The van der Waals surface area contributed by atoms with E-state index in [1.807, 2.05) is 12.1 Å². The molecule has 0 aliphatic rings. The van der Waals surface area contributed by atoms with Crippen LogP contribution in [0.5, 0.6) is 5.75 Å². The lowest BCUT2D eigenvalue weighted by Gasteiger charge is -1.96. The van der Waals surface area contributed by atoms with Gasteiger partial charge in [-0.25, -0.2) is 0 Å². The molecule has 0 amide bonds. The number of benzene rings is 1. The monoisotopic (exact) mass is 271 g/mol. The number of allylic oxidation sites excluding steroid dienone is 1. The summed E-state index contributed by atoms with van der Waals surface area (Å²) < 4.78 is 0.949. The molecule has 0 aliphatic heterocycles. The highest BCUT2D eigenvalue weighted by Crippen LogP contribution is 2.17. The molecule has 0 spiro atoms. The molecule has 3 heteroatoms. The van der Waals surface area contributed by atoms with Gasteiger partial charge in [-0.15, -0.1) is 0 Å². The molecule has 0 bridgehead atoms. The van der Waals surface area contributed by atoms with Crippen molar-refractivity contribution in [1.29, 1.82) is 5.26 Å². The van der Waals surface area contributed by atoms with E-state index < -0.39 is 0 Å². The fourth-order valence-electron chi connectivity index (χ4n) is 0.826. The maximum atomic E-state index is 9.17. The molecule has 1 aromatic carbocycles. The third kappa shape index (κ3) is 2.55. The van der Waals surface area contributed by atoms with Crippen molar-refractivity contribution < 1.29 is 5.11 Å². The second kappa shape index (κ2) is 4.12. The fourth-order valence-corrected chi connectivity index (χ4v) is 1.50. The number of halogens is 1. The Morgan fingerprint density at radius 2 is 2.17 bits per heavy atom. The molecular formula is C9H6INO. The zero-order chi connectivity index (χ0) is 8.97. The third-order valence-electron chi connectivity index (χ3n) is 1.26. The van der Waals surface area contributed by atoms with Crippen LogP contribution in [0.2, 0.25) is 0 Å². The minimum atomic E-state index is 0.222. The maximum absolute atomic E-state index is 9.17. The summed E-state index contributed by atoms with van der Waals surface area (Å²) in [4.78, 5) is 0. The van der Waals surface area contributed by atoms with Crippen molar-refractivity contribution in [3.8, 4) is 11.8 Å². The van der Waals surface area contributed by atoms with Gasteiger partial charge in [0.15, 0.2) is 0 Å². The van der Waals surface area contributed by atoms with Gasteiger partial charge in [0.05, 0.1) is 6.07 Å². The zero-order valence-electron chi connectivity index (χ0n) is 6.16. The van der Waals surface area contributed by atoms with E-state index in [0.29, 0.717) is 0 Å². The first-order valence-electron chi connectivity index (χ1n) is 3.28. The average molecular weight is 271 g/mol. The van der Waals surface area contributed by atoms with E-state index in [2.05, 4.69) is 22.6 Å². The first-order valence-corrected chi connectivity index (χ1v) is 4.36. The lowest BCUT2D eigenvalue weighted by atomic mass is 10.2. The summed E-state index contributed by atoms with van der Waals surface area (Å²) in [6, 6.07) is 7.04. The van der Waals surface area contributed by atoms with E-state index in [-0.39, 0.29) is 5.75 Å². The Bertz CT molecular complexity index is 332. The summed E-state index contributed by atoms with van der Waals surface area (Å²) in [5.74, 6) is 0.222. The first-order chi connectivity index (χ1) is 5.72. The Labute approximate surface area is 84.3 Å². The molecule has 1 rings (SSSR count). The van der Waals surface area contributed by atoms with E-state index in [1.54, 1.807) is 18.2 Å². The van der Waals surface area contributed by atoms with E-state index in [9.17, 15) is 5.11 Å². The highest BCUT2D eigenvalue weighted by molar-refractivity contribution is 14.1. The molecule has 0 saturated heterocycles. The van der Waals surface area contributed by atoms with Crippen LogP contribution >= 0.6 is 22.6 Å². The molecule has 0 saturated carbocycles. The summed E-state index contributed by atoms with van der Waals surface area (Å²) in [6.45, 7) is 0. The van der Waals surface area contributed by atoms with E-state index in [4.69, 9.17) is 5.26 Å². The van der Waals surface area contributed by atoms with E-state index in [1.165, 1.54) is 6.08 Å². The van der Waals surface area contributed by atoms with Crippen LogP contribution in [0, 0.1) is 14.9 Å². The molecule has 0 aliphatic carbocycles. The van der Waals surface area contributed by atoms with Crippen LogP contribution in [0.25, 0.3) is 6.08 Å². The van der Waals surface area contributed by atoms with Gasteiger partial charge in [0.1, 0.15) is 5.75 Å². The second-order valence-corrected chi connectivity index (χ2v) is 3.45. The number of rotatable bonds is 1. The largest absolute Gasteiger partial charge is 0.508 e. The summed E-state index contributed by atoms with van der Waals surface area (Å²) in [7, 11) is 0. The second-order valence-electron chi connectivity index (χ2n) is 2.21. The van der Waals surface area contributed by atoms with Gasteiger partial charge >= 0.3 is 0 Å². The van der Waals surface area contributed by atoms with Crippen molar-refractivity contribution in [3.05, 3.63) is 33.4 Å². The van der Waals surface area contributed by atoms with Crippen molar-refractivity contribution in [2.24, 2.45) is 0 Å². The fraction of sp³-hybridized carbons (Fsp3) is 0. The zero-order valence-corrected chi connectivity index (χ0v) is 8.32. The molecule has 1 N–H and O–H groups in total. The average Bonchev–Trinajstić information content (AvgIpc) is 1.99. The number of hydrogen-bond donors (Lipinski definition) is 1. The van der Waals surface area contributed by atoms with Crippen LogP contribution < -0.4 is 0 Å². The van der Waals surface area contributed by atoms with Gasteiger partial charge < -0.3 is 5.11 Å². The van der Waals surface area contributed by atoms with Gasteiger partial charge in [-0.05, 0) is 52.4 Å². The SMILES string of the molecule is N#CC=Cc1cc(O)cc(I)c1. The molecule has 0 atom stereocenters. The highest BCUT2D eigenvalue weighted by Gasteiger charge is 1.93. The van der Waals surface area contributed by atoms with Crippen molar-refractivity contribution in [2.75, 3.05) is 0 Å². The Kier molecular flexibility index (Phi) is 3.11. The van der Waals surface area contributed by atoms with Crippen molar-refractivity contribution in [1.82, 2.24) is 0 Å². The van der Waals surface area contributed by atoms with E-state index >= 15 is 0 Å². The number of phenols is 1. The first kappa shape index (κ1) is 9.07. The molecule has 1 aromatic rings. The number of aromatic hydroxyl groups is 1. The predicted molar refractivity (Wildman–Crippen MR) is 55.5 cm³/mol. The smallest absolute Gasteiger partial charge is 0.117 e. The molecule has 0 fully saturated rings. The molecule has 0 unspecified atom stereocenters. The van der Waals surface area contributed by atoms with Crippen LogP contribution in [0.15, 0.2) is 24.3 Å². The van der Waals surface area contributed by atoms with Gasteiger partial charge in [-0.2, -0.15) is 5.26 Å². The lowest BCUT2D eigenvalue weighted by Crippen LogP contribution is -1.75.